The molecule has 0 bridgehead atoms. The van der Waals surface area contributed by atoms with Gasteiger partial charge in [-0.3, -0.25) is 9.48 Å². The van der Waals surface area contributed by atoms with Gasteiger partial charge in [0.25, 0.3) is 15.9 Å². The quantitative estimate of drug-likeness (QED) is 0.637. The van der Waals surface area contributed by atoms with Crippen LogP contribution in [-0.4, -0.2) is 79.2 Å². The van der Waals surface area contributed by atoms with Crippen molar-refractivity contribution < 1.29 is 17.9 Å². The van der Waals surface area contributed by atoms with Gasteiger partial charge in [0, 0.05) is 52.5 Å². The van der Waals surface area contributed by atoms with Gasteiger partial charge >= 0.3 is 0 Å². The average molecular weight is 476 g/mol. The van der Waals surface area contributed by atoms with Crippen LogP contribution in [0.25, 0.3) is 0 Å². The van der Waals surface area contributed by atoms with Crippen LogP contribution < -0.4 is 9.64 Å². The van der Waals surface area contributed by atoms with E-state index in [1.807, 2.05) is 31.2 Å². The van der Waals surface area contributed by atoms with Gasteiger partial charge in [0.2, 0.25) is 5.03 Å². The molecule has 3 heterocycles. The Morgan fingerprint density at radius 1 is 1.00 bits per heavy atom. The second-order valence-corrected chi connectivity index (χ2v) is 10.4. The zero-order valence-electron chi connectivity index (χ0n) is 19.4. The highest BCUT2D eigenvalue weighted by molar-refractivity contribution is 7.89. The molecule has 0 spiro atoms. The first-order chi connectivity index (χ1) is 15.9. The van der Waals surface area contributed by atoms with Crippen LogP contribution in [0.15, 0.2) is 35.5 Å². The molecule has 2 aromatic rings. The van der Waals surface area contributed by atoms with Crippen molar-refractivity contribution in [2.24, 2.45) is 7.05 Å². The number of carbonyl (C=O) groups is 1. The summed E-state index contributed by atoms with van der Waals surface area (Å²) < 4.78 is 35.6. The van der Waals surface area contributed by atoms with E-state index in [1.54, 1.807) is 11.9 Å². The monoisotopic (exact) mass is 475 g/mol. The first-order valence-corrected chi connectivity index (χ1v) is 13.2. The molecule has 2 saturated heterocycles. The lowest BCUT2D eigenvalue weighted by molar-refractivity contribution is 0.0757. The summed E-state index contributed by atoms with van der Waals surface area (Å²) in [6.07, 6.45) is 5.62. The molecule has 0 unspecified atom stereocenters. The van der Waals surface area contributed by atoms with E-state index in [-0.39, 0.29) is 16.5 Å². The van der Waals surface area contributed by atoms with E-state index in [1.165, 1.54) is 15.2 Å². The number of para-hydroxylation sites is 2. The molecule has 2 aliphatic heterocycles. The Bertz CT molecular complexity index is 1070. The number of aromatic nitrogens is 2. The first kappa shape index (κ1) is 23.6. The number of hydrogen-bond acceptors (Lipinski definition) is 6. The van der Waals surface area contributed by atoms with E-state index in [4.69, 9.17) is 4.74 Å². The Balaban J connectivity index is 1.51. The van der Waals surface area contributed by atoms with Gasteiger partial charge in [0.05, 0.1) is 17.9 Å². The van der Waals surface area contributed by atoms with Crippen molar-refractivity contribution in [1.29, 1.82) is 0 Å². The number of likely N-dealkylation sites (tertiary alicyclic amines) is 1. The third-order valence-electron chi connectivity index (χ3n) is 6.25. The molecule has 1 aromatic heterocycles. The summed E-state index contributed by atoms with van der Waals surface area (Å²) in [6.45, 7) is 5.53. The van der Waals surface area contributed by atoms with Crippen LogP contribution in [0.1, 0.15) is 43.0 Å². The van der Waals surface area contributed by atoms with E-state index in [9.17, 15) is 13.2 Å². The number of rotatable bonds is 6. The van der Waals surface area contributed by atoms with Crippen molar-refractivity contribution in [1.82, 2.24) is 19.0 Å². The first-order valence-electron chi connectivity index (χ1n) is 11.7. The van der Waals surface area contributed by atoms with Crippen LogP contribution in [0.5, 0.6) is 5.75 Å². The number of anilines is 1. The third-order valence-corrected chi connectivity index (χ3v) is 8.08. The lowest BCUT2D eigenvalue weighted by Gasteiger charge is -2.35. The van der Waals surface area contributed by atoms with Gasteiger partial charge < -0.3 is 14.5 Å². The number of piperazine rings is 1. The number of sulfonamides is 1. The van der Waals surface area contributed by atoms with Crippen molar-refractivity contribution in [3.05, 3.63) is 36.0 Å². The molecule has 9 nitrogen and oxygen atoms in total. The summed E-state index contributed by atoms with van der Waals surface area (Å²) in [4.78, 5) is 17.1. The molecular weight excluding hydrogens is 442 g/mol. The Morgan fingerprint density at radius 3 is 2.33 bits per heavy atom. The molecule has 4 rings (SSSR count). The highest BCUT2D eigenvalue weighted by atomic mass is 32.2. The summed E-state index contributed by atoms with van der Waals surface area (Å²) >= 11 is 0. The highest BCUT2D eigenvalue weighted by Gasteiger charge is 2.36. The fourth-order valence-corrected chi connectivity index (χ4v) is 6.08. The lowest BCUT2D eigenvalue weighted by atomic mass is 10.2. The van der Waals surface area contributed by atoms with E-state index in [0.29, 0.717) is 45.9 Å². The summed E-state index contributed by atoms with van der Waals surface area (Å²) in [5, 5.41) is 4.08. The van der Waals surface area contributed by atoms with E-state index in [2.05, 4.69) is 10.00 Å². The normalized spacial score (nSPS) is 18.2. The lowest BCUT2D eigenvalue weighted by Crippen LogP contribution is -2.49. The molecular formula is C23H33N5O4S. The second kappa shape index (κ2) is 10.1. The Hall–Kier alpha value is -2.59. The van der Waals surface area contributed by atoms with Gasteiger partial charge in [-0.05, 0) is 31.9 Å². The molecule has 0 atom stereocenters. The molecule has 0 N–H and O–H groups in total. The number of ether oxygens (including phenoxy) is 1. The van der Waals surface area contributed by atoms with Crippen molar-refractivity contribution in [2.75, 3.05) is 50.8 Å². The van der Waals surface area contributed by atoms with Gasteiger partial charge in [0.1, 0.15) is 5.75 Å². The number of aryl methyl sites for hydroxylation is 1. The van der Waals surface area contributed by atoms with Crippen LogP contribution in [0.2, 0.25) is 0 Å². The van der Waals surface area contributed by atoms with Crippen LogP contribution >= 0.6 is 0 Å². The minimum Gasteiger partial charge on any atom is -0.492 e. The average Bonchev–Trinajstić information content (AvgIpc) is 3.03. The molecule has 10 heteroatoms. The Labute approximate surface area is 196 Å². The van der Waals surface area contributed by atoms with Crippen molar-refractivity contribution in [3.63, 3.8) is 0 Å². The smallest absolute Gasteiger partial charge is 0.263 e. The van der Waals surface area contributed by atoms with Crippen LogP contribution in [0.3, 0.4) is 0 Å². The Kier molecular flexibility index (Phi) is 7.23. The molecule has 33 heavy (non-hydrogen) atoms. The SMILES string of the molecule is CCOc1ccccc1N1CCN(S(=O)(=O)c2nn(C)cc2C(=O)N2CCCCCC2)CC1. The van der Waals surface area contributed by atoms with E-state index in [0.717, 1.165) is 37.1 Å². The van der Waals surface area contributed by atoms with E-state index >= 15 is 0 Å². The molecule has 0 saturated carbocycles. The topological polar surface area (TPSA) is 88.0 Å². The van der Waals surface area contributed by atoms with E-state index < -0.39 is 10.0 Å². The number of benzene rings is 1. The standard InChI is InChI=1S/C23H33N5O4S/c1-3-32-21-11-7-6-10-20(21)26-14-16-28(17-15-26)33(30,31)22-19(18-25(2)24-22)23(29)27-12-8-4-5-9-13-27/h6-7,10-11,18H,3-5,8-9,12-17H2,1-2H3. The summed E-state index contributed by atoms with van der Waals surface area (Å²) in [6, 6.07) is 7.80. The second-order valence-electron chi connectivity index (χ2n) is 8.52. The Morgan fingerprint density at radius 2 is 1.67 bits per heavy atom. The van der Waals surface area contributed by atoms with Crippen LogP contribution in [-0.2, 0) is 17.1 Å². The van der Waals surface area contributed by atoms with Gasteiger partial charge in [-0.1, -0.05) is 25.0 Å². The summed E-state index contributed by atoms with van der Waals surface area (Å²) in [7, 11) is -2.24. The molecule has 2 aliphatic rings. The maximum absolute atomic E-state index is 13.5. The third kappa shape index (κ3) is 5.01. The maximum Gasteiger partial charge on any atom is 0.263 e. The fraction of sp³-hybridized carbons (Fsp3) is 0.565. The van der Waals surface area contributed by atoms with Crippen molar-refractivity contribution >= 4 is 21.6 Å². The number of carbonyl (C=O) groups excluding carboxylic acids is 1. The molecule has 0 radical (unpaired) electrons. The minimum atomic E-state index is -3.89. The predicted molar refractivity (Wildman–Crippen MR) is 126 cm³/mol. The zero-order chi connectivity index (χ0) is 23.4. The predicted octanol–water partition coefficient (Wildman–Crippen LogP) is 2.35. The molecule has 0 aliphatic carbocycles. The number of hydrogen-bond donors (Lipinski definition) is 0. The van der Waals surface area contributed by atoms with Crippen molar-refractivity contribution in [3.8, 4) is 5.75 Å². The molecule has 1 amide bonds. The number of amides is 1. The maximum atomic E-state index is 13.5. The summed E-state index contributed by atoms with van der Waals surface area (Å²) in [5.74, 6) is 0.555. The van der Waals surface area contributed by atoms with Gasteiger partial charge in [0.15, 0.2) is 0 Å². The van der Waals surface area contributed by atoms with Gasteiger partial charge in [-0.2, -0.15) is 9.40 Å². The molecule has 2 fully saturated rings. The molecule has 180 valence electrons. The van der Waals surface area contributed by atoms with Gasteiger partial charge in [-0.15, -0.1) is 0 Å². The number of nitrogens with zero attached hydrogens (tertiary/aromatic N) is 5. The van der Waals surface area contributed by atoms with Crippen LogP contribution in [0.4, 0.5) is 5.69 Å². The minimum absolute atomic E-state index is 0.137. The van der Waals surface area contributed by atoms with Gasteiger partial charge in [-0.25, -0.2) is 8.42 Å². The van der Waals surface area contributed by atoms with Crippen LogP contribution in [0, 0.1) is 0 Å². The summed E-state index contributed by atoms with van der Waals surface area (Å²) in [5.41, 5.74) is 1.13. The fourth-order valence-electron chi connectivity index (χ4n) is 4.54. The largest absolute Gasteiger partial charge is 0.492 e. The zero-order valence-corrected chi connectivity index (χ0v) is 20.3. The highest BCUT2D eigenvalue weighted by Crippen LogP contribution is 2.30. The van der Waals surface area contributed by atoms with Crippen molar-refractivity contribution in [2.45, 2.75) is 37.6 Å². The molecule has 1 aromatic carbocycles.